The molecule has 4 heterocycles. The van der Waals surface area contributed by atoms with Crippen LogP contribution in [0.2, 0.25) is 5.02 Å². The van der Waals surface area contributed by atoms with Crippen LogP contribution >= 0.6 is 22.9 Å². The number of hydrogen-bond acceptors (Lipinski definition) is 8. The van der Waals surface area contributed by atoms with Gasteiger partial charge in [0.2, 0.25) is 23.6 Å². The number of thiophene rings is 1. The largest absolute Gasteiger partial charge is 0.504 e. The first kappa shape index (κ1) is 33.7. The van der Waals surface area contributed by atoms with Gasteiger partial charge < -0.3 is 9.84 Å². The molecule has 3 fully saturated rings. The summed E-state index contributed by atoms with van der Waals surface area (Å²) in [6.45, 7) is 9.41. The van der Waals surface area contributed by atoms with Gasteiger partial charge in [-0.3, -0.25) is 28.8 Å². The summed E-state index contributed by atoms with van der Waals surface area (Å²) in [6.07, 6.45) is 2.62. The molecule has 2 aromatic carbocycles. The summed E-state index contributed by atoms with van der Waals surface area (Å²) in [5, 5.41) is 17.0. The lowest BCUT2D eigenvalue weighted by Gasteiger charge is -2.49. The number of benzene rings is 2. The molecule has 10 nitrogen and oxygen atoms in total. The van der Waals surface area contributed by atoms with Crippen LogP contribution in [0, 0.1) is 36.0 Å². The van der Waals surface area contributed by atoms with E-state index in [2.05, 4.69) is 0 Å². The number of amides is 4. The van der Waals surface area contributed by atoms with Crippen molar-refractivity contribution in [1.82, 2.24) is 14.7 Å². The van der Waals surface area contributed by atoms with E-state index in [4.69, 9.17) is 21.4 Å². The number of phenolic OH excluding ortho intramolecular Hbond substituents is 1. The van der Waals surface area contributed by atoms with Crippen LogP contribution in [-0.4, -0.2) is 56.1 Å². The van der Waals surface area contributed by atoms with Crippen LogP contribution in [0.1, 0.15) is 57.6 Å². The number of allylic oxidation sites excluding steroid dienone is 2. The topological polar surface area (TPSA) is 122 Å². The van der Waals surface area contributed by atoms with E-state index in [0.717, 1.165) is 26.1 Å². The third kappa shape index (κ3) is 4.63. The summed E-state index contributed by atoms with van der Waals surface area (Å²) in [4.78, 5) is 61.3. The van der Waals surface area contributed by atoms with Gasteiger partial charge >= 0.3 is 0 Å². The molecular weight excluding hydrogens is 688 g/mol. The predicted molar refractivity (Wildman–Crippen MR) is 195 cm³/mol. The number of fused-ring (bicyclic) bond motifs is 5. The molecule has 0 bridgehead atoms. The number of anilines is 1. The van der Waals surface area contributed by atoms with Crippen molar-refractivity contribution in [2.45, 2.75) is 58.9 Å². The van der Waals surface area contributed by atoms with Gasteiger partial charge in [-0.25, -0.2) is 4.90 Å². The molecule has 0 spiro atoms. The number of imide groups is 2. The Labute approximate surface area is 304 Å². The molecule has 2 saturated heterocycles. The lowest BCUT2D eigenvalue weighted by Crippen LogP contribution is -2.49. The maximum Gasteiger partial charge on any atom is 0.242 e. The van der Waals surface area contributed by atoms with Crippen molar-refractivity contribution in [3.8, 4) is 22.1 Å². The third-order valence-corrected chi connectivity index (χ3v) is 13.2. The van der Waals surface area contributed by atoms with E-state index in [9.17, 15) is 19.5 Å². The zero-order chi connectivity index (χ0) is 36.5. The molecule has 4 aliphatic rings. The van der Waals surface area contributed by atoms with Gasteiger partial charge in [0.05, 0.1) is 35.2 Å². The molecule has 2 aliphatic carbocycles. The standard InChI is InChI=1S/C39H39ClN4O6S/c1-18-23-15-20(40)9-13-29(23)51-33(18)26-17-30(42(6)41-26)43-35(47)25-16-24-21(10-11-22-31(24)36(48)44(34(22)46)38(2,3)4)32(39(25,5)37(43)49)19-8-12-27(45)28(14-19)50-7/h8-10,12-15,17,22,24-25,31-32,45H,11,16H2,1-7H3/t22-,24+,25-,31-,32-,39+/m0/s1. The SMILES string of the molecule is COc1cc([C@H]2C3=CC[C@@H]4C(=O)N(C(C)(C)C)C(=O)[C@@H]4[C@@H]3C[C@H]3C(=O)N(c4cc(-c5sc6ccc(Cl)cc6c5C)nn4C)C(=O)[C@@]23C)ccc1O. The van der Waals surface area contributed by atoms with Gasteiger partial charge in [-0.2, -0.15) is 5.10 Å². The highest BCUT2D eigenvalue weighted by Crippen LogP contribution is 2.64. The van der Waals surface area contributed by atoms with E-state index in [-0.39, 0.29) is 41.5 Å². The van der Waals surface area contributed by atoms with Gasteiger partial charge in [0.1, 0.15) is 11.5 Å². The van der Waals surface area contributed by atoms with Crippen LogP contribution in [0.25, 0.3) is 20.7 Å². The monoisotopic (exact) mass is 726 g/mol. The lowest BCUT2D eigenvalue weighted by molar-refractivity contribution is -0.145. The smallest absolute Gasteiger partial charge is 0.242 e. The average molecular weight is 727 g/mol. The molecule has 0 unspecified atom stereocenters. The van der Waals surface area contributed by atoms with Crippen LogP contribution in [-0.2, 0) is 26.2 Å². The molecule has 2 aromatic heterocycles. The Morgan fingerprint density at radius 2 is 1.76 bits per heavy atom. The van der Waals surface area contributed by atoms with Crippen molar-refractivity contribution in [3.63, 3.8) is 0 Å². The second-order valence-electron chi connectivity index (χ2n) is 15.5. The Hall–Kier alpha value is -4.48. The number of hydrogen-bond donors (Lipinski definition) is 1. The summed E-state index contributed by atoms with van der Waals surface area (Å²) in [5.41, 5.74) is 1.24. The molecule has 1 saturated carbocycles. The minimum atomic E-state index is -1.25. The number of aryl methyl sites for hydroxylation is 2. The van der Waals surface area contributed by atoms with Gasteiger partial charge in [-0.1, -0.05) is 29.3 Å². The van der Waals surface area contributed by atoms with Gasteiger partial charge in [-0.05, 0) is 100 Å². The number of methoxy groups -OCH3 is 1. The average Bonchev–Trinajstić information content (AvgIpc) is 3.75. The van der Waals surface area contributed by atoms with Crippen molar-refractivity contribution in [3.05, 3.63) is 70.3 Å². The number of rotatable bonds is 4. The number of carbonyl (C=O) groups is 4. The van der Waals surface area contributed by atoms with Crippen LogP contribution < -0.4 is 9.64 Å². The van der Waals surface area contributed by atoms with Crippen molar-refractivity contribution in [1.29, 1.82) is 0 Å². The first-order valence-electron chi connectivity index (χ1n) is 17.1. The van der Waals surface area contributed by atoms with Crippen LogP contribution in [0.15, 0.2) is 54.1 Å². The summed E-state index contributed by atoms with van der Waals surface area (Å²) in [5.74, 6) is -3.67. The first-order valence-corrected chi connectivity index (χ1v) is 18.3. The van der Waals surface area contributed by atoms with Crippen LogP contribution in [0.5, 0.6) is 11.5 Å². The maximum atomic E-state index is 15.0. The molecule has 0 radical (unpaired) electrons. The maximum absolute atomic E-state index is 15.0. The Morgan fingerprint density at radius 1 is 1.02 bits per heavy atom. The third-order valence-electron chi connectivity index (χ3n) is 11.7. The first-order chi connectivity index (χ1) is 24.1. The molecule has 264 valence electrons. The van der Waals surface area contributed by atoms with Gasteiger partial charge in [0.15, 0.2) is 11.5 Å². The fourth-order valence-electron chi connectivity index (χ4n) is 9.36. The number of ether oxygens (including phenoxy) is 1. The van der Waals surface area contributed by atoms with E-state index in [1.54, 1.807) is 41.3 Å². The predicted octanol–water partition coefficient (Wildman–Crippen LogP) is 7.01. The summed E-state index contributed by atoms with van der Waals surface area (Å²) in [6, 6.07) is 12.5. The number of phenols is 1. The second-order valence-corrected chi connectivity index (χ2v) is 17.0. The summed E-state index contributed by atoms with van der Waals surface area (Å²) < 4.78 is 8.12. The van der Waals surface area contributed by atoms with Crippen molar-refractivity contribution in [2.75, 3.05) is 12.0 Å². The second kappa shape index (κ2) is 11.3. The molecule has 4 amide bonds. The van der Waals surface area contributed by atoms with Gasteiger partial charge in [0.25, 0.3) is 0 Å². The van der Waals surface area contributed by atoms with E-state index >= 15 is 4.79 Å². The van der Waals surface area contributed by atoms with E-state index in [1.165, 1.54) is 23.0 Å². The minimum Gasteiger partial charge on any atom is -0.504 e. The number of nitrogens with zero attached hydrogens (tertiary/aromatic N) is 4. The molecule has 2 aliphatic heterocycles. The Morgan fingerprint density at radius 3 is 2.47 bits per heavy atom. The van der Waals surface area contributed by atoms with E-state index in [1.807, 2.05) is 58.9 Å². The highest BCUT2D eigenvalue weighted by atomic mass is 35.5. The van der Waals surface area contributed by atoms with E-state index in [0.29, 0.717) is 28.5 Å². The van der Waals surface area contributed by atoms with Gasteiger partial charge in [-0.15, -0.1) is 11.3 Å². The van der Waals surface area contributed by atoms with E-state index < -0.39 is 40.5 Å². The normalized spacial score (nSPS) is 27.6. The molecular formula is C39H39ClN4O6S. The fourth-order valence-corrected chi connectivity index (χ4v) is 10.7. The minimum absolute atomic E-state index is 0.0537. The number of aromatic nitrogens is 2. The van der Waals surface area contributed by atoms with Crippen LogP contribution in [0.3, 0.4) is 0 Å². The highest BCUT2D eigenvalue weighted by molar-refractivity contribution is 7.22. The quantitative estimate of drug-likeness (QED) is 0.177. The molecule has 1 N–H and O–H groups in total. The van der Waals surface area contributed by atoms with Crippen LogP contribution in [0.4, 0.5) is 5.82 Å². The molecule has 51 heavy (non-hydrogen) atoms. The molecule has 8 rings (SSSR count). The number of aromatic hydroxyl groups is 1. The number of likely N-dealkylation sites (tertiary alicyclic amines) is 1. The van der Waals surface area contributed by atoms with Gasteiger partial charge in [0, 0.05) is 34.3 Å². The zero-order valence-corrected chi connectivity index (χ0v) is 31.1. The molecule has 12 heteroatoms. The number of carbonyl (C=O) groups excluding carboxylic acids is 4. The summed E-state index contributed by atoms with van der Waals surface area (Å²) in [7, 11) is 3.18. The van der Waals surface area contributed by atoms with Crippen molar-refractivity contribution in [2.24, 2.45) is 36.1 Å². The van der Waals surface area contributed by atoms with Crippen molar-refractivity contribution >= 4 is 62.5 Å². The number of halogens is 1. The van der Waals surface area contributed by atoms with Crippen molar-refractivity contribution < 1.29 is 29.0 Å². The Balaban J connectivity index is 1.26. The zero-order valence-electron chi connectivity index (χ0n) is 29.5. The molecule has 6 atom stereocenters. The Kier molecular flexibility index (Phi) is 7.43. The highest BCUT2D eigenvalue weighted by Gasteiger charge is 2.68. The fraction of sp³-hybridized carbons (Fsp3) is 0.410. The Bertz CT molecular complexity index is 2250. The lowest BCUT2D eigenvalue weighted by atomic mass is 9.51. The molecule has 4 aromatic rings. The summed E-state index contributed by atoms with van der Waals surface area (Å²) >= 11 is 7.88.